The Hall–Kier alpha value is -2.87. The van der Waals surface area contributed by atoms with Crippen molar-refractivity contribution in [2.45, 2.75) is 32.6 Å². The number of pyridine rings is 1. The predicted molar refractivity (Wildman–Crippen MR) is 106 cm³/mol. The van der Waals surface area contributed by atoms with E-state index < -0.39 is 0 Å². The van der Waals surface area contributed by atoms with Gasteiger partial charge in [0.2, 0.25) is 0 Å². The van der Waals surface area contributed by atoms with Crippen LogP contribution in [-0.2, 0) is 12.8 Å². The van der Waals surface area contributed by atoms with Gasteiger partial charge in [-0.05, 0) is 66.6 Å². The van der Waals surface area contributed by atoms with E-state index >= 15 is 0 Å². The third kappa shape index (κ3) is 2.15. The SMILES string of the molecule is Cc1ccc(C(=O)c2c3c(n4ccccc24)CCCC3)c2ccccc12. The summed E-state index contributed by atoms with van der Waals surface area (Å²) in [5.41, 5.74) is 6.57. The molecule has 5 rings (SSSR count). The molecule has 4 aromatic rings. The van der Waals surface area contributed by atoms with Crippen molar-refractivity contribution >= 4 is 22.1 Å². The minimum atomic E-state index is 0.160. The first kappa shape index (κ1) is 15.4. The van der Waals surface area contributed by atoms with E-state index in [0.29, 0.717) is 0 Å². The summed E-state index contributed by atoms with van der Waals surface area (Å²) in [6.07, 6.45) is 6.53. The number of hydrogen-bond donors (Lipinski definition) is 0. The Morgan fingerprint density at radius 3 is 2.54 bits per heavy atom. The maximum atomic E-state index is 13.7. The van der Waals surface area contributed by atoms with Gasteiger partial charge < -0.3 is 4.40 Å². The van der Waals surface area contributed by atoms with Crippen LogP contribution in [0.3, 0.4) is 0 Å². The van der Waals surface area contributed by atoms with Crippen molar-refractivity contribution < 1.29 is 4.79 Å². The molecule has 2 aromatic heterocycles. The van der Waals surface area contributed by atoms with Gasteiger partial charge in [-0.15, -0.1) is 0 Å². The molecule has 0 unspecified atom stereocenters. The normalized spacial score (nSPS) is 13.9. The van der Waals surface area contributed by atoms with E-state index in [1.54, 1.807) is 0 Å². The van der Waals surface area contributed by atoms with Crippen LogP contribution in [-0.4, -0.2) is 10.2 Å². The summed E-state index contributed by atoms with van der Waals surface area (Å²) < 4.78 is 2.23. The first-order chi connectivity index (χ1) is 12.8. The highest BCUT2D eigenvalue weighted by Crippen LogP contribution is 2.33. The van der Waals surface area contributed by atoms with E-state index in [0.717, 1.165) is 40.3 Å². The Morgan fingerprint density at radius 2 is 1.65 bits per heavy atom. The molecule has 1 aliphatic carbocycles. The number of carbonyl (C=O) groups excluding carboxylic acids is 1. The number of rotatable bonds is 2. The highest BCUT2D eigenvalue weighted by Gasteiger charge is 2.26. The summed E-state index contributed by atoms with van der Waals surface area (Å²) in [6.45, 7) is 2.10. The molecule has 0 fully saturated rings. The van der Waals surface area contributed by atoms with E-state index in [1.807, 2.05) is 24.3 Å². The van der Waals surface area contributed by atoms with Gasteiger partial charge in [0.15, 0.2) is 5.78 Å². The predicted octanol–water partition coefficient (Wildman–Crippen LogP) is 5.51. The van der Waals surface area contributed by atoms with Gasteiger partial charge in [0.25, 0.3) is 0 Å². The molecule has 0 saturated carbocycles. The van der Waals surface area contributed by atoms with Crippen molar-refractivity contribution in [3.8, 4) is 0 Å². The topological polar surface area (TPSA) is 21.5 Å². The molecule has 2 heteroatoms. The molecule has 0 N–H and O–H groups in total. The smallest absolute Gasteiger partial charge is 0.196 e. The number of nitrogens with zero attached hydrogens (tertiary/aromatic N) is 1. The lowest BCUT2D eigenvalue weighted by Gasteiger charge is -2.14. The molecule has 2 heterocycles. The number of hydrogen-bond acceptors (Lipinski definition) is 1. The van der Waals surface area contributed by atoms with Gasteiger partial charge in [0.05, 0.1) is 11.1 Å². The molecular formula is C24H21NO. The number of fused-ring (bicyclic) bond motifs is 4. The van der Waals surface area contributed by atoms with Crippen LogP contribution in [0.5, 0.6) is 0 Å². The molecule has 128 valence electrons. The fourth-order valence-corrected chi connectivity index (χ4v) is 4.50. The second kappa shape index (κ2) is 5.84. The molecule has 0 radical (unpaired) electrons. The zero-order valence-corrected chi connectivity index (χ0v) is 15.0. The van der Waals surface area contributed by atoms with Crippen LogP contribution in [0.25, 0.3) is 16.3 Å². The van der Waals surface area contributed by atoms with Gasteiger partial charge in [-0.2, -0.15) is 0 Å². The Morgan fingerprint density at radius 1 is 0.885 bits per heavy atom. The van der Waals surface area contributed by atoms with Crippen molar-refractivity contribution in [1.29, 1.82) is 0 Å². The van der Waals surface area contributed by atoms with Crippen molar-refractivity contribution in [1.82, 2.24) is 4.40 Å². The highest BCUT2D eigenvalue weighted by molar-refractivity contribution is 6.20. The van der Waals surface area contributed by atoms with Gasteiger partial charge in [-0.3, -0.25) is 4.79 Å². The second-order valence-electron chi connectivity index (χ2n) is 7.27. The molecule has 0 bridgehead atoms. The zero-order chi connectivity index (χ0) is 17.7. The van der Waals surface area contributed by atoms with Gasteiger partial charge >= 0.3 is 0 Å². The molecule has 2 nitrogen and oxygen atoms in total. The van der Waals surface area contributed by atoms with Crippen molar-refractivity contribution in [2.75, 3.05) is 0 Å². The molecular weight excluding hydrogens is 318 g/mol. The molecule has 0 atom stereocenters. The molecule has 0 saturated heterocycles. The standard InChI is InChI=1S/C24H21NO/c1-16-13-14-19(18-9-3-2-8-17(16)18)24(26)23-20-10-4-5-11-21(20)25-15-7-6-12-22(23)25/h2-3,6-9,12-15H,4-5,10-11H2,1H3. The lowest BCUT2D eigenvalue weighted by molar-refractivity contribution is 0.104. The van der Waals surface area contributed by atoms with Crippen LogP contribution in [0.15, 0.2) is 60.8 Å². The Labute approximate surface area is 153 Å². The molecule has 0 aliphatic heterocycles. The number of aromatic nitrogens is 1. The van der Waals surface area contributed by atoms with Crippen LogP contribution in [0, 0.1) is 6.92 Å². The summed E-state index contributed by atoms with van der Waals surface area (Å²) in [6, 6.07) is 18.5. The van der Waals surface area contributed by atoms with Crippen LogP contribution in [0.4, 0.5) is 0 Å². The summed E-state index contributed by atoms with van der Waals surface area (Å²) in [7, 11) is 0. The lowest BCUT2D eigenvalue weighted by atomic mass is 9.89. The van der Waals surface area contributed by atoms with Gasteiger partial charge in [-0.1, -0.05) is 42.5 Å². The number of benzene rings is 2. The Balaban J connectivity index is 1.80. The minimum absolute atomic E-state index is 0.160. The number of ketones is 1. The summed E-state index contributed by atoms with van der Waals surface area (Å²) in [5, 5.41) is 2.22. The third-order valence-corrected chi connectivity index (χ3v) is 5.76. The van der Waals surface area contributed by atoms with Crippen LogP contribution in [0.1, 0.15) is 45.6 Å². The summed E-state index contributed by atoms with van der Waals surface area (Å²) in [4.78, 5) is 13.7. The van der Waals surface area contributed by atoms with Gasteiger partial charge in [0.1, 0.15) is 0 Å². The third-order valence-electron chi connectivity index (χ3n) is 5.76. The molecule has 1 aliphatic rings. The fourth-order valence-electron chi connectivity index (χ4n) is 4.50. The highest BCUT2D eigenvalue weighted by atomic mass is 16.1. The summed E-state index contributed by atoms with van der Waals surface area (Å²) in [5.74, 6) is 0.160. The summed E-state index contributed by atoms with van der Waals surface area (Å²) >= 11 is 0. The van der Waals surface area contributed by atoms with Crippen molar-refractivity contribution in [3.05, 3.63) is 88.7 Å². The largest absolute Gasteiger partial charge is 0.320 e. The number of aryl methyl sites for hydroxylation is 2. The molecule has 0 amide bonds. The van der Waals surface area contributed by atoms with Crippen LogP contribution in [0.2, 0.25) is 0 Å². The van der Waals surface area contributed by atoms with Crippen LogP contribution >= 0.6 is 0 Å². The van der Waals surface area contributed by atoms with Gasteiger partial charge in [0, 0.05) is 17.5 Å². The van der Waals surface area contributed by atoms with E-state index in [1.165, 1.54) is 29.7 Å². The van der Waals surface area contributed by atoms with Crippen molar-refractivity contribution in [3.63, 3.8) is 0 Å². The fraction of sp³-hybridized carbons (Fsp3) is 0.208. The number of carbonyl (C=O) groups is 1. The van der Waals surface area contributed by atoms with E-state index in [-0.39, 0.29) is 5.78 Å². The minimum Gasteiger partial charge on any atom is -0.320 e. The average Bonchev–Trinajstić information content (AvgIpc) is 3.03. The molecule has 0 spiro atoms. The van der Waals surface area contributed by atoms with E-state index in [4.69, 9.17) is 0 Å². The van der Waals surface area contributed by atoms with Crippen LogP contribution < -0.4 is 0 Å². The molecule has 26 heavy (non-hydrogen) atoms. The van der Waals surface area contributed by atoms with Gasteiger partial charge in [-0.25, -0.2) is 0 Å². The zero-order valence-electron chi connectivity index (χ0n) is 15.0. The van der Waals surface area contributed by atoms with E-state index in [9.17, 15) is 4.79 Å². The first-order valence-corrected chi connectivity index (χ1v) is 9.39. The average molecular weight is 339 g/mol. The maximum absolute atomic E-state index is 13.7. The first-order valence-electron chi connectivity index (χ1n) is 9.39. The molecule has 2 aromatic carbocycles. The monoisotopic (exact) mass is 339 g/mol. The van der Waals surface area contributed by atoms with E-state index in [2.05, 4.69) is 47.9 Å². The second-order valence-corrected chi connectivity index (χ2v) is 7.27. The Bertz CT molecular complexity index is 1170. The van der Waals surface area contributed by atoms with Crippen molar-refractivity contribution in [2.24, 2.45) is 0 Å². The lowest BCUT2D eigenvalue weighted by Crippen LogP contribution is -2.08. The maximum Gasteiger partial charge on any atom is 0.196 e. The quantitative estimate of drug-likeness (QED) is 0.441. The Kier molecular flexibility index (Phi) is 3.46.